The number of nitrogens with one attached hydrogen (secondary N) is 3. The molecule has 4 N–H and O–H groups in total. The number of carbonyl (C=O) groups excluding carboxylic acids is 6. The summed E-state index contributed by atoms with van der Waals surface area (Å²) in [6.07, 6.45) is -0.0332. The smallest absolute Gasteiger partial charge is 0.410 e. The second kappa shape index (κ2) is 24.9. The molecule has 15 heteroatoms. The lowest BCUT2D eigenvalue weighted by Gasteiger charge is -2.41. The van der Waals surface area contributed by atoms with Crippen molar-refractivity contribution in [3.8, 4) is 0 Å². The number of aliphatic hydroxyl groups is 1. The van der Waals surface area contributed by atoms with Crippen molar-refractivity contribution in [1.29, 1.82) is 0 Å². The Balaban J connectivity index is 1.72. The number of carbonyl (C=O) groups is 6. The molecule has 0 spiro atoms. The lowest BCUT2D eigenvalue weighted by atomic mass is 9.86. The van der Waals surface area contributed by atoms with Gasteiger partial charge in [-0.05, 0) is 66.7 Å². The minimum Gasteiger partial charge on any atom is -0.445 e. The largest absolute Gasteiger partial charge is 0.445 e. The number of rotatable bonds is 22. The van der Waals surface area contributed by atoms with Crippen LogP contribution in [-0.2, 0) is 40.1 Å². The van der Waals surface area contributed by atoms with Gasteiger partial charge < -0.3 is 40.3 Å². The second-order valence-electron chi connectivity index (χ2n) is 18.4. The summed E-state index contributed by atoms with van der Waals surface area (Å²) in [5.74, 6) is -2.75. The molecule has 1 heterocycles. The number of anilines is 1. The van der Waals surface area contributed by atoms with Crippen molar-refractivity contribution in [3.05, 3.63) is 65.7 Å². The molecule has 6 amide bonds. The van der Waals surface area contributed by atoms with Crippen molar-refractivity contribution in [2.75, 3.05) is 33.1 Å². The number of hydrogen-bond donors (Lipinski definition) is 4. The normalized spacial score (nSPS) is 18.1. The summed E-state index contributed by atoms with van der Waals surface area (Å²) in [6.45, 7) is 18.9. The number of likely N-dealkylation sites (tertiary alicyclic amines) is 1. The number of nitrogens with zero attached hydrogens (tertiary/aromatic N) is 3. The Morgan fingerprint density at radius 1 is 0.844 bits per heavy atom. The second-order valence-corrected chi connectivity index (χ2v) is 18.4. The molecule has 0 bridgehead atoms. The number of hydrogen-bond acceptors (Lipinski definition) is 9. The number of likely N-dealkylation sites (N-methyl/N-ethyl adjacent to an activating group) is 2. The van der Waals surface area contributed by atoms with Crippen molar-refractivity contribution in [2.24, 2.45) is 29.6 Å². The zero-order valence-electron chi connectivity index (χ0n) is 40.4. The average molecular weight is 893 g/mol. The average Bonchev–Trinajstić information content (AvgIpc) is 3.76. The molecule has 1 aliphatic rings. The van der Waals surface area contributed by atoms with Crippen LogP contribution in [0.2, 0.25) is 0 Å². The first kappa shape index (κ1) is 53.3. The van der Waals surface area contributed by atoms with Gasteiger partial charge >= 0.3 is 6.09 Å². The van der Waals surface area contributed by atoms with E-state index in [-0.39, 0.29) is 66.4 Å². The Morgan fingerprint density at radius 2 is 1.47 bits per heavy atom. The molecule has 356 valence electrons. The number of amides is 6. The fourth-order valence-electron chi connectivity index (χ4n) is 8.76. The summed E-state index contributed by atoms with van der Waals surface area (Å²) in [5, 5.41) is 19.5. The van der Waals surface area contributed by atoms with Gasteiger partial charge in [0.25, 0.3) is 0 Å². The third-order valence-corrected chi connectivity index (χ3v) is 13.0. The Kier molecular flexibility index (Phi) is 20.7. The number of benzene rings is 2. The van der Waals surface area contributed by atoms with Gasteiger partial charge in [0.1, 0.15) is 18.7 Å². The van der Waals surface area contributed by atoms with E-state index in [1.807, 2.05) is 90.6 Å². The molecule has 64 heavy (non-hydrogen) atoms. The summed E-state index contributed by atoms with van der Waals surface area (Å²) in [5.41, 5.74) is 2.02. The van der Waals surface area contributed by atoms with Gasteiger partial charge in [0.2, 0.25) is 29.5 Å². The van der Waals surface area contributed by atoms with E-state index in [0.717, 1.165) is 12.8 Å². The Labute approximate surface area is 381 Å². The summed E-state index contributed by atoms with van der Waals surface area (Å²) < 4.78 is 11.6. The van der Waals surface area contributed by atoms with E-state index >= 15 is 0 Å². The molecule has 1 aliphatic heterocycles. The monoisotopic (exact) mass is 893 g/mol. The van der Waals surface area contributed by atoms with E-state index in [0.29, 0.717) is 29.8 Å². The molecule has 3 rings (SSSR count). The highest BCUT2D eigenvalue weighted by Gasteiger charge is 2.42. The summed E-state index contributed by atoms with van der Waals surface area (Å²) in [7, 11) is 4.71. The van der Waals surface area contributed by atoms with Crippen LogP contribution in [0.3, 0.4) is 0 Å². The molecule has 0 aliphatic carbocycles. The van der Waals surface area contributed by atoms with Crippen LogP contribution in [0.25, 0.3) is 0 Å². The van der Waals surface area contributed by atoms with Gasteiger partial charge in [0.15, 0.2) is 0 Å². The summed E-state index contributed by atoms with van der Waals surface area (Å²) in [4.78, 5) is 85.7. The molecule has 10 atom stereocenters. The van der Waals surface area contributed by atoms with Crippen molar-refractivity contribution in [3.63, 3.8) is 0 Å². The van der Waals surface area contributed by atoms with E-state index in [9.17, 15) is 33.9 Å². The van der Waals surface area contributed by atoms with Crippen LogP contribution in [0.5, 0.6) is 0 Å². The Hall–Kier alpha value is -5.02. The maximum absolute atomic E-state index is 14.5. The molecule has 15 nitrogen and oxygen atoms in total. The van der Waals surface area contributed by atoms with Crippen LogP contribution in [0.4, 0.5) is 10.5 Å². The zero-order chi connectivity index (χ0) is 48.0. The van der Waals surface area contributed by atoms with Gasteiger partial charge in [-0.25, -0.2) is 4.79 Å². The first-order chi connectivity index (χ1) is 30.1. The maximum Gasteiger partial charge on any atom is 0.410 e. The van der Waals surface area contributed by atoms with E-state index < -0.39 is 54.3 Å². The van der Waals surface area contributed by atoms with Crippen molar-refractivity contribution in [1.82, 2.24) is 25.3 Å². The van der Waals surface area contributed by atoms with Gasteiger partial charge in [-0.2, -0.15) is 0 Å². The van der Waals surface area contributed by atoms with Crippen LogP contribution in [0.1, 0.15) is 112 Å². The van der Waals surface area contributed by atoms with Crippen LogP contribution in [-0.4, -0.2) is 119 Å². The third kappa shape index (κ3) is 14.2. The molecule has 0 radical (unpaired) electrons. The molecule has 1 saturated heterocycles. The van der Waals surface area contributed by atoms with Gasteiger partial charge in [0.05, 0.1) is 30.7 Å². The fraction of sp³-hybridized carbons (Fsp3) is 0.633. The molecular formula is C49H76N6O9. The molecule has 1 fully saturated rings. The van der Waals surface area contributed by atoms with Crippen molar-refractivity contribution in [2.45, 2.75) is 144 Å². The van der Waals surface area contributed by atoms with E-state index in [1.165, 1.54) is 26.0 Å². The Bertz CT molecular complexity index is 1840. The SMILES string of the molecule is CC[C@H](C)[C@@H]([C@@H](CC(=O)N1CCCC1[C@H](C)[C@@H](C)C(=O)N[C@H](C)[C@@H](O)c1ccccc1)OC)N(C)C(=O)[C@@H](NC(=O)[C@H](C(C)C)N(C)C(=O)OCc1ccc(NC(C)=O)cc1)C(C)C. The lowest BCUT2D eigenvalue weighted by Crippen LogP contribution is -2.60. The van der Waals surface area contributed by atoms with Crippen LogP contribution < -0.4 is 16.0 Å². The quantitative estimate of drug-likeness (QED) is 0.108. The highest BCUT2D eigenvalue weighted by Crippen LogP contribution is 2.32. The highest BCUT2D eigenvalue weighted by molar-refractivity contribution is 5.92. The molecular weight excluding hydrogens is 817 g/mol. The molecule has 2 aromatic carbocycles. The fourth-order valence-corrected chi connectivity index (χ4v) is 8.76. The van der Waals surface area contributed by atoms with Crippen LogP contribution >= 0.6 is 0 Å². The molecule has 1 unspecified atom stereocenters. The first-order valence-electron chi connectivity index (χ1n) is 22.8. The van der Waals surface area contributed by atoms with Crippen LogP contribution in [0, 0.1) is 29.6 Å². The molecule has 0 aromatic heterocycles. The topological polar surface area (TPSA) is 187 Å². The minimum atomic E-state index is -0.961. The predicted octanol–water partition coefficient (Wildman–Crippen LogP) is 6.16. The zero-order valence-corrected chi connectivity index (χ0v) is 40.4. The predicted molar refractivity (Wildman–Crippen MR) is 248 cm³/mol. The van der Waals surface area contributed by atoms with E-state index in [2.05, 4.69) is 16.0 Å². The van der Waals surface area contributed by atoms with Crippen molar-refractivity contribution < 1.29 is 43.3 Å². The molecule has 0 saturated carbocycles. The summed E-state index contributed by atoms with van der Waals surface area (Å²) in [6, 6.07) is 12.9. The number of methoxy groups -OCH3 is 1. The van der Waals surface area contributed by atoms with Gasteiger partial charge in [0, 0.05) is 52.3 Å². The van der Waals surface area contributed by atoms with E-state index in [1.54, 1.807) is 43.1 Å². The molecule has 2 aromatic rings. The van der Waals surface area contributed by atoms with Gasteiger partial charge in [-0.1, -0.05) is 104 Å². The van der Waals surface area contributed by atoms with Gasteiger partial charge in [-0.15, -0.1) is 0 Å². The number of aliphatic hydroxyl groups excluding tert-OH is 1. The van der Waals surface area contributed by atoms with Crippen molar-refractivity contribution >= 4 is 41.3 Å². The minimum absolute atomic E-state index is 0.00765. The lowest BCUT2D eigenvalue weighted by molar-refractivity contribution is -0.146. The van der Waals surface area contributed by atoms with Crippen LogP contribution in [0.15, 0.2) is 54.6 Å². The van der Waals surface area contributed by atoms with E-state index in [4.69, 9.17) is 9.47 Å². The standard InChI is InChI=1S/C49H76N6O9/c1-14-31(6)44(40(63-13)27-41(57)55-26-18-21-39(55)32(7)33(8)46(59)50-34(9)45(58)37-19-16-15-17-20-37)53(11)48(61)42(29(2)3)52-47(60)43(30(4)5)54(12)49(62)64-28-36-22-24-38(25-23-36)51-35(10)56/h15-17,19-20,22-25,29-34,39-40,42-45,58H,14,18,21,26-28H2,1-13H3,(H,50,59)(H,51,56)(H,52,60)/t31-,32+,33+,34+,39?,40+,42-,43-,44-,45+/m0/s1. The first-order valence-corrected chi connectivity index (χ1v) is 22.8. The number of ether oxygens (including phenoxy) is 2. The van der Waals surface area contributed by atoms with Gasteiger partial charge in [-0.3, -0.25) is 28.9 Å². The maximum atomic E-state index is 14.5. The highest BCUT2D eigenvalue weighted by atomic mass is 16.6. The third-order valence-electron chi connectivity index (χ3n) is 13.0. The summed E-state index contributed by atoms with van der Waals surface area (Å²) >= 11 is 0. The Morgan fingerprint density at radius 3 is 2.02 bits per heavy atom.